The number of pyridine rings is 1. The Kier molecular flexibility index (Phi) is 5.80. The van der Waals surface area contributed by atoms with Crippen molar-refractivity contribution in [1.82, 2.24) is 4.57 Å². The summed E-state index contributed by atoms with van der Waals surface area (Å²) in [5, 5.41) is 8.79. The number of hydrogen-bond acceptors (Lipinski definition) is 3. The van der Waals surface area contributed by atoms with Crippen molar-refractivity contribution in [2.24, 2.45) is 4.99 Å². The molecule has 134 valence electrons. The van der Waals surface area contributed by atoms with Crippen LogP contribution in [0.4, 0.5) is 0 Å². The van der Waals surface area contributed by atoms with E-state index in [4.69, 9.17) is 10.00 Å². The summed E-state index contributed by atoms with van der Waals surface area (Å²) in [5.41, 5.74) is 3.46. The van der Waals surface area contributed by atoms with Crippen LogP contribution < -0.4 is 10.2 Å². The lowest BCUT2D eigenvalue weighted by Crippen LogP contribution is -2.23. The molecule has 0 N–H and O–H groups in total. The lowest BCUT2D eigenvalue weighted by molar-refractivity contribution is -0.120. The highest BCUT2D eigenvalue weighted by Gasteiger charge is 2.03. The van der Waals surface area contributed by atoms with Crippen LogP contribution in [0.25, 0.3) is 0 Å². The van der Waals surface area contributed by atoms with Crippen molar-refractivity contribution in [3.05, 3.63) is 95.1 Å². The maximum atomic E-state index is 12.2. The third-order valence-electron chi connectivity index (χ3n) is 3.98. The second-order valence-corrected chi connectivity index (χ2v) is 6.10. The minimum absolute atomic E-state index is 0.161. The molecule has 0 aliphatic carbocycles. The number of amides is 1. The first-order valence-electron chi connectivity index (χ1n) is 8.55. The third-order valence-corrected chi connectivity index (χ3v) is 3.98. The smallest absolute Gasteiger partial charge is 0.285 e. The largest absolute Gasteiger partial charge is 0.484 e. The zero-order chi connectivity index (χ0) is 19.1. The van der Waals surface area contributed by atoms with Crippen LogP contribution >= 0.6 is 0 Å². The van der Waals surface area contributed by atoms with E-state index >= 15 is 0 Å². The van der Waals surface area contributed by atoms with Gasteiger partial charge in [-0.2, -0.15) is 10.3 Å². The Bertz CT molecular complexity index is 1030. The first-order chi connectivity index (χ1) is 13.1. The van der Waals surface area contributed by atoms with Gasteiger partial charge in [0.15, 0.2) is 6.61 Å². The summed E-state index contributed by atoms with van der Waals surface area (Å²) in [5.74, 6) is 0.154. The zero-order valence-corrected chi connectivity index (χ0v) is 15.0. The molecule has 0 aliphatic heterocycles. The Hall–Kier alpha value is -3.65. The van der Waals surface area contributed by atoms with Crippen molar-refractivity contribution >= 4 is 5.91 Å². The predicted octanol–water partition coefficient (Wildman–Crippen LogP) is 3.22. The van der Waals surface area contributed by atoms with E-state index in [1.54, 1.807) is 30.3 Å². The molecular formula is C22H19N3O2. The molecule has 1 heterocycles. The minimum Gasteiger partial charge on any atom is -0.484 e. The summed E-state index contributed by atoms with van der Waals surface area (Å²) >= 11 is 0. The summed E-state index contributed by atoms with van der Waals surface area (Å²) in [6.45, 7) is 2.52. The molecule has 3 aromatic rings. The van der Waals surface area contributed by atoms with Gasteiger partial charge in [0.2, 0.25) is 0 Å². The number of aryl methyl sites for hydroxylation is 1. The molecule has 0 atom stereocenters. The molecule has 0 fully saturated rings. The highest BCUT2D eigenvalue weighted by atomic mass is 16.5. The fourth-order valence-corrected chi connectivity index (χ4v) is 2.52. The molecule has 5 heteroatoms. The number of nitriles is 1. The van der Waals surface area contributed by atoms with E-state index in [0.717, 1.165) is 5.56 Å². The van der Waals surface area contributed by atoms with Gasteiger partial charge in [-0.25, -0.2) is 0 Å². The average molecular weight is 357 g/mol. The van der Waals surface area contributed by atoms with E-state index in [1.165, 1.54) is 5.56 Å². The molecule has 0 bridgehead atoms. The summed E-state index contributed by atoms with van der Waals surface area (Å²) in [6.07, 6.45) is 1.90. The number of nitrogens with zero attached hydrogens (tertiary/aromatic N) is 3. The van der Waals surface area contributed by atoms with E-state index in [9.17, 15) is 4.79 Å². The Morgan fingerprint density at radius 3 is 2.52 bits per heavy atom. The number of ether oxygens (including phenoxy) is 1. The van der Waals surface area contributed by atoms with Gasteiger partial charge in [-0.05, 0) is 48.9 Å². The molecule has 0 spiro atoms. The number of carbonyl (C=O) groups is 1. The van der Waals surface area contributed by atoms with Crippen LogP contribution in [0.15, 0.2) is 77.9 Å². The summed E-state index contributed by atoms with van der Waals surface area (Å²) in [6, 6.07) is 22.4. The van der Waals surface area contributed by atoms with Crippen LogP contribution in [-0.2, 0) is 11.3 Å². The Morgan fingerprint density at radius 1 is 1.07 bits per heavy atom. The van der Waals surface area contributed by atoms with E-state index in [2.05, 4.69) is 29.3 Å². The monoisotopic (exact) mass is 357 g/mol. The van der Waals surface area contributed by atoms with Crippen LogP contribution in [0, 0.1) is 18.3 Å². The summed E-state index contributed by atoms with van der Waals surface area (Å²) in [4.78, 5) is 16.4. The minimum atomic E-state index is -0.372. The predicted molar refractivity (Wildman–Crippen MR) is 102 cm³/mol. The summed E-state index contributed by atoms with van der Waals surface area (Å²) in [7, 11) is 0. The maximum Gasteiger partial charge on any atom is 0.285 e. The molecule has 1 aromatic heterocycles. The van der Waals surface area contributed by atoms with Gasteiger partial charge in [0.25, 0.3) is 5.91 Å². The molecule has 0 unspecified atom stereocenters. The van der Waals surface area contributed by atoms with Crippen molar-refractivity contribution in [1.29, 1.82) is 5.26 Å². The summed E-state index contributed by atoms with van der Waals surface area (Å²) < 4.78 is 7.37. The maximum absolute atomic E-state index is 12.2. The van der Waals surface area contributed by atoms with Gasteiger partial charge in [-0.3, -0.25) is 4.79 Å². The molecule has 0 radical (unpaired) electrons. The van der Waals surface area contributed by atoms with Crippen molar-refractivity contribution in [3.8, 4) is 11.8 Å². The zero-order valence-electron chi connectivity index (χ0n) is 15.0. The van der Waals surface area contributed by atoms with Gasteiger partial charge in [-0.15, -0.1) is 0 Å². The third kappa shape index (κ3) is 5.16. The second kappa shape index (κ2) is 8.63. The number of aromatic nitrogens is 1. The second-order valence-electron chi connectivity index (χ2n) is 6.10. The SMILES string of the molecule is Cc1ccc(Cn2ccccc2=NC(=O)COc2ccc(C#N)cc2)cc1. The lowest BCUT2D eigenvalue weighted by Gasteiger charge is -2.08. The van der Waals surface area contributed by atoms with Crippen LogP contribution in [0.2, 0.25) is 0 Å². The Balaban J connectivity index is 1.71. The van der Waals surface area contributed by atoms with Crippen molar-refractivity contribution in [2.75, 3.05) is 6.61 Å². The quantitative estimate of drug-likeness (QED) is 0.704. The van der Waals surface area contributed by atoms with E-state index in [-0.39, 0.29) is 12.5 Å². The lowest BCUT2D eigenvalue weighted by atomic mass is 10.1. The molecule has 0 saturated heterocycles. The van der Waals surface area contributed by atoms with Gasteiger partial charge in [-0.1, -0.05) is 35.9 Å². The molecule has 0 aliphatic rings. The van der Waals surface area contributed by atoms with E-state index < -0.39 is 0 Å². The number of hydrogen-bond donors (Lipinski definition) is 0. The van der Waals surface area contributed by atoms with Gasteiger partial charge < -0.3 is 9.30 Å². The molecule has 2 aromatic carbocycles. The number of carbonyl (C=O) groups excluding carboxylic acids is 1. The van der Waals surface area contributed by atoms with Crippen LogP contribution in [0.5, 0.6) is 5.75 Å². The van der Waals surface area contributed by atoms with Crippen molar-refractivity contribution in [3.63, 3.8) is 0 Å². The van der Waals surface area contributed by atoms with Gasteiger partial charge in [0.1, 0.15) is 11.2 Å². The first-order valence-corrected chi connectivity index (χ1v) is 8.55. The number of rotatable bonds is 5. The fourth-order valence-electron chi connectivity index (χ4n) is 2.52. The Labute approximate surface area is 157 Å². The molecule has 5 nitrogen and oxygen atoms in total. The number of benzene rings is 2. The standard InChI is InChI=1S/C22H19N3O2/c1-17-5-7-19(8-6-17)15-25-13-3-2-4-21(25)24-22(26)16-27-20-11-9-18(14-23)10-12-20/h2-13H,15-16H2,1H3. The van der Waals surface area contributed by atoms with Gasteiger partial charge in [0.05, 0.1) is 11.6 Å². The molecule has 0 saturated carbocycles. The van der Waals surface area contributed by atoms with Crippen LogP contribution in [0.3, 0.4) is 0 Å². The molecule has 3 rings (SSSR count). The fraction of sp³-hybridized carbons (Fsp3) is 0.136. The average Bonchev–Trinajstić information content (AvgIpc) is 2.70. The molecule has 27 heavy (non-hydrogen) atoms. The topological polar surface area (TPSA) is 67.4 Å². The Morgan fingerprint density at radius 2 is 1.81 bits per heavy atom. The van der Waals surface area contributed by atoms with Crippen molar-refractivity contribution < 1.29 is 9.53 Å². The van der Waals surface area contributed by atoms with E-state index in [0.29, 0.717) is 23.3 Å². The van der Waals surface area contributed by atoms with Crippen molar-refractivity contribution in [2.45, 2.75) is 13.5 Å². The van der Waals surface area contributed by atoms with Crippen LogP contribution in [-0.4, -0.2) is 17.1 Å². The van der Waals surface area contributed by atoms with Crippen LogP contribution in [0.1, 0.15) is 16.7 Å². The first kappa shape index (κ1) is 18.2. The van der Waals surface area contributed by atoms with Gasteiger partial charge in [0, 0.05) is 12.7 Å². The molecule has 1 amide bonds. The highest BCUT2D eigenvalue weighted by Crippen LogP contribution is 2.11. The highest BCUT2D eigenvalue weighted by molar-refractivity contribution is 5.78. The molecular weight excluding hydrogens is 338 g/mol. The van der Waals surface area contributed by atoms with Gasteiger partial charge >= 0.3 is 0 Å². The van der Waals surface area contributed by atoms with E-state index in [1.807, 2.05) is 35.9 Å². The normalized spacial score (nSPS) is 11.0.